The van der Waals surface area contributed by atoms with Gasteiger partial charge in [0.15, 0.2) is 6.29 Å². The van der Waals surface area contributed by atoms with E-state index in [-0.39, 0.29) is 11.4 Å². The molecule has 0 amide bonds. The normalized spacial score (nSPS) is 40.1. The largest absolute Gasteiger partial charge is 0.462 e. The zero-order chi connectivity index (χ0) is 23.6. The minimum Gasteiger partial charge on any atom is -0.462 e. The van der Waals surface area contributed by atoms with Crippen molar-refractivity contribution in [3.8, 4) is 5.75 Å². The van der Waals surface area contributed by atoms with Crippen molar-refractivity contribution in [2.45, 2.75) is 61.4 Å². The first-order valence-electron chi connectivity index (χ1n) is 9.67. The van der Waals surface area contributed by atoms with E-state index in [4.69, 9.17) is 18.9 Å². The molecule has 0 radical (unpaired) electrons. The molecule has 14 heteroatoms. The Bertz CT molecular complexity index is 762. The fraction of sp³-hybridized carbons (Fsp3) is 0.667. The lowest BCUT2D eigenvalue weighted by atomic mass is 9.97. The Morgan fingerprint density at radius 1 is 0.812 bits per heavy atom. The summed E-state index contributed by atoms with van der Waals surface area (Å²) in [7, 11) is 0. The van der Waals surface area contributed by atoms with Gasteiger partial charge >= 0.3 is 0 Å². The van der Waals surface area contributed by atoms with Crippen molar-refractivity contribution in [2.75, 3.05) is 13.2 Å². The number of hydrogen-bond donors (Lipinski definition) is 7. The molecule has 0 unspecified atom stereocenters. The van der Waals surface area contributed by atoms with Crippen molar-refractivity contribution in [3.05, 3.63) is 34.4 Å². The number of ether oxygens (including phenoxy) is 4. The van der Waals surface area contributed by atoms with E-state index in [2.05, 4.69) is 0 Å². The summed E-state index contributed by atoms with van der Waals surface area (Å²) in [5.41, 5.74) is -0.199. The molecule has 14 nitrogen and oxygen atoms in total. The maximum absolute atomic E-state index is 10.8. The Balaban J connectivity index is 1.76. The van der Waals surface area contributed by atoms with Gasteiger partial charge in [-0.15, -0.1) is 0 Å². The van der Waals surface area contributed by atoms with Crippen molar-refractivity contribution >= 4 is 5.69 Å². The van der Waals surface area contributed by atoms with Crippen molar-refractivity contribution in [2.24, 2.45) is 0 Å². The highest BCUT2D eigenvalue weighted by molar-refractivity contribution is 5.36. The van der Waals surface area contributed by atoms with Gasteiger partial charge in [0.05, 0.1) is 18.1 Å². The van der Waals surface area contributed by atoms with Crippen LogP contribution in [0.2, 0.25) is 0 Å². The lowest BCUT2D eigenvalue weighted by Crippen LogP contribution is -2.65. The molecule has 0 aliphatic carbocycles. The van der Waals surface area contributed by atoms with Gasteiger partial charge in [0.1, 0.15) is 54.6 Å². The van der Waals surface area contributed by atoms with E-state index in [0.717, 1.165) is 12.1 Å². The second-order valence-corrected chi connectivity index (χ2v) is 7.37. The summed E-state index contributed by atoms with van der Waals surface area (Å²) >= 11 is 0. The molecule has 2 saturated heterocycles. The highest BCUT2D eigenvalue weighted by Crippen LogP contribution is 2.30. The predicted octanol–water partition coefficient (Wildman–Crippen LogP) is -3.40. The first-order valence-corrected chi connectivity index (χ1v) is 9.67. The van der Waals surface area contributed by atoms with Crippen LogP contribution in [-0.4, -0.2) is 115 Å². The summed E-state index contributed by atoms with van der Waals surface area (Å²) in [5.74, 6) is 0.0688. The van der Waals surface area contributed by atoms with Gasteiger partial charge in [-0.2, -0.15) is 0 Å². The van der Waals surface area contributed by atoms with Crippen molar-refractivity contribution in [3.63, 3.8) is 0 Å². The third-order valence-corrected chi connectivity index (χ3v) is 5.26. The first-order chi connectivity index (χ1) is 15.2. The molecule has 0 bridgehead atoms. The topological polar surface area (TPSA) is 222 Å². The molecule has 2 heterocycles. The van der Waals surface area contributed by atoms with Crippen LogP contribution in [0, 0.1) is 10.1 Å². The van der Waals surface area contributed by atoms with Crippen LogP contribution in [0.5, 0.6) is 5.75 Å². The van der Waals surface area contributed by atoms with Gasteiger partial charge in [-0.1, -0.05) is 0 Å². The SMILES string of the molecule is O=[N+]([O-])c1ccc(O[C@H]2O[C@H](CO)[C@H](O)[C@H](O[C@@H]3O[C@H](CO)[C@H](O)[C@H](O)[C@H]3O)[C@H]2O)cc1. The van der Waals surface area contributed by atoms with Crippen molar-refractivity contribution in [1.82, 2.24) is 0 Å². The summed E-state index contributed by atoms with van der Waals surface area (Å²) in [5, 5.41) is 80.6. The van der Waals surface area contributed by atoms with Crippen LogP contribution in [0.15, 0.2) is 24.3 Å². The Hall–Kier alpha value is -1.98. The van der Waals surface area contributed by atoms with Gasteiger partial charge in [0.25, 0.3) is 5.69 Å². The van der Waals surface area contributed by atoms with Crippen LogP contribution < -0.4 is 4.74 Å². The van der Waals surface area contributed by atoms with Crippen LogP contribution >= 0.6 is 0 Å². The molecule has 32 heavy (non-hydrogen) atoms. The second kappa shape index (κ2) is 10.3. The van der Waals surface area contributed by atoms with Gasteiger partial charge in [-0.25, -0.2) is 0 Å². The van der Waals surface area contributed by atoms with Gasteiger partial charge in [0.2, 0.25) is 6.29 Å². The summed E-state index contributed by atoms with van der Waals surface area (Å²) in [6.07, 6.45) is -15.8. The lowest BCUT2D eigenvalue weighted by molar-refractivity contribution is -0.384. The highest BCUT2D eigenvalue weighted by atomic mass is 16.7. The van der Waals surface area contributed by atoms with Crippen LogP contribution in [-0.2, 0) is 14.2 Å². The highest BCUT2D eigenvalue weighted by Gasteiger charge is 2.51. The number of aliphatic hydroxyl groups is 7. The number of nitro benzene ring substituents is 1. The molecular formula is C18H25NO13. The first kappa shape index (κ1) is 24.7. The molecule has 10 atom stereocenters. The third-order valence-electron chi connectivity index (χ3n) is 5.26. The van der Waals surface area contributed by atoms with E-state index in [1.54, 1.807) is 0 Å². The van der Waals surface area contributed by atoms with Crippen LogP contribution in [0.3, 0.4) is 0 Å². The number of benzene rings is 1. The molecule has 3 rings (SSSR count). The minimum absolute atomic E-state index is 0.0688. The van der Waals surface area contributed by atoms with Crippen LogP contribution in [0.1, 0.15) is 0 Å². The molecule has 1 aromatic rings. The number of rotatable bonds is 7. The van der Waals surface area contributed by atoms with Gasteiger partial charge < -0.3 is 54.7 Å². The maximum atomic E-state index is 10.8. The summed E-state index contributed by atoms with van der Waals surface area (Å²) in [6.45, 7) is -1.42. The van der Waals surface area contributed by atoms with E-state index in [1.165, 1.54) is 12.1 Å². The number of aliphatic hydroxyl groups excluding tert-OH is 7. The van der Waals surface area contributed by atoms with E-state index >= 15 is 0 Å². The molecule has 0 aromatic heterocycles. The Morgan fingerprint density at radius 2 is 1.38 bits per heavy atom. The zero-order valence-corrected chi connectivity index (χ0v) is 16.5. The van der Waals surface area contributed by atoms with Crippen LogP contribution in [0.4, 0.5) is 5.69 Å². The third kappa shape index (κ3) is 4.99. The van der Waals surface area contributed by atoms with Gasteiger partial charge in [-0.05, 0) is 12.1 Å². The Labute approximate surface area is 180 Å². The van der Waals surface area contributed by atoms with E-state index in [9.17, 15) is 45.9 Å². The average Bonchev–Trinajstić information content (AvgIpc) is 2.78. The quantitative estimate of drug-likeness (QED) is 0.155. The van der Waals surface area contributed by atoms with Crippen molar-refractivity contribution in [1.29, 1.82) is 0 Å². The molecule has 2 fully saturated rings. The number of hydrogen-bond acceptors (Lipinski definition) is 13. The monoisotopic (exact) mass is 463 g/mol. The fourth-order valence-corrected chi connectivity index (χ4v) is 3.43. The van der Waals surface area contributed by atoms with E-state index in [0.29, 0.717) is 0 Å². The summed E-state index contributed by atoms with van der Waals surface area (Å²) in [6, 6.07) is 4.82. The fourth-order valence-electron chi connectivity index (χ4n) is 3.43. The zero-order valence-electron chi connectivity index (χ0n) is 16.5. The Kier molecular flexibility index (Phi) is 7.94. The molecule has 180 valence electrons. The number of nitro groups is 1. The van der Waals surface area contributed by atoms with E-state index < -0.39 is 79.5 Å². The number of nitrogens with zero attached hydrogens (tertiary/aromatic N) is 1. The van der Waals surface area contributed by atoms with Crippen molar-refractivity contribution < 1.29 is 59.6 Å². The maximum Gasteiger partial charge on any atom is 0.269 e. The molecule has 7 N–H and O–H groups in total. The summed E-state index contributed by atoms with van der Waals surface area (Å²) < 4.78 is 21.5. The molecular weight excluding hydrogens is 438 g/mol. The van der Waals surface area contributed by atoms with Gasteiger partial charge in [0, 0.05) is 12.1 Å². The molecule has 0 saturated carbocycles. The minimum atomic E-state index is -1.79. The molecule has 2 aliphatic heterocycles. The van der Waals surface area contributed by atoms with Gasteiger partial charge in [-0.3, -0.25) is 10.1 Å². The smallest absolute Gasteiger partial charge is 0.269 e. The Morgan fingerprint density at radius 3 is 1.94 bits per heavy atom. The second-order valence-electron chi connectivity index (χ2n) is 7.37. The van der Waals surface area contributed by atoms with E-state index in [1.807, 2.05) is 0 Å². The molecule has 0 spiro atoms. The predicted molar refractivity (Wildman–Crippen MR) is 100 cm³/mol. The van der Waals surface area contributed by atoms with Crippen LogP contribution in [0.25, 0.3) is 0 Å². The lowest BCUT2D eigenvalue weighted by Gasteiger charge is -2.45. The average molecular weight is 463 g/mol. The standard InChI is InChI=1S/C18H25NO13/c20-5-9-11(22)13(24)14(25)17(30-9)32-16-12(23)10(6-21)31-18(15(16)26)29-8-3-1-7(2-4-8)19(27)28/h1-4,9-18,20-26H,5-6H2/t9-,10-,11+,12+,13+,14-,15-,16+,17+,18+/m1/s1. The molecule has 1 aromatic carbocycles. The molecule has 2 aliphatic rings. The number of non-ortho nitro benzene ring substituents is 1. The summed E-state index contributed by atoms with van der Waals surface area (Å²) in [4.78, 5) is 10.2.